The molecule has 0 fully saturated rings. The molecule has 1 unspecified atom stereocenters. The van der Waals surface area contributed by atoms with Crippen LogP contribution in [0, 0.1) is 25.8 Å². The van der Waals surface area contributed by atoms with Crippen molar-refractivity contribution in [2.24, 2.45) is 5.92 Å². The van der Waals surface area contributed by atoms with Crippen molar-refractivity contribution in [1.82, 2.24) is 0 Å². The first-order valence-corrected chi connectivity index (χ1v) is 12.9. The molecule has 0 aliphatic carbocycles. The van der Waals surface area contributed by atoms with Gasteiger partial charge in [0.1, 0.15) is 0 Å². The Labute approximate surface area is 214 Å². The third-order valence-electron chi connectivity index (χ3n) is 5.81. The van der Waals surface area contributed by atoms with Crippen LogP contribution in [0.15, 0.2) is 55.1 Å². The monoisotopic (exact) mass is 727 g/mol. The van der Waals surface area contributed by atoms with E-state index in [4.69, 9.17) is 0 Å². The van der Waals surface area contributed by atoms with E-state index in [0.29, 0.717) is 17.1 Å². The molecule has 35 heavy (non-hydrogen) atoms. The Morgan fingerprint density at radius 2 is 1.46 bits per heavy atom. The van der Waals surface area contributed by atoms with Crippen LogP contribution in [0.5, 0.6) is 0 Å². The van der Waals surface area contributed by atoms with E-state index in [1.807, 2.05) is 52.0 Å². The number of fused-ring (bicyclic) bond motifs is 1. The molecule has 3 aromatic rings. The second-order valence-electron chi connectivity index (χ2n) is 9.26. The average molecular weight is 728 g/mol. The molecule has 3 heteroatoms. The predicted molar refractivity (Wildman–Crippen MR) is 155 cm³/mol. The molecule has 0 aromatic heterocycles. The third kappa shape index (κ3) is 8.76. The first-order chi connectivity index (χ1) is 16.0. The van der Waals surface area contributed by atoms with Crippen LogP contribution in [0.2, 0.25) is 0 Å². The normalized spacial score (nSPS) is 11.1. The van der Waals surface area contributed by atoms with Crippen LogP contribution in [-0.4, -0.2) is 11.0 Å². The number of allylic oxidation sites excluding steroid dienone is 1. The van der Waals surface area contributed by atoms with Gasteiger partial charge in [0.25, 0.3) is 0 Å². The quantitative estimate of drug-likeness (QED) is 0.152. The van der Waals surface area contributed by atoms with Crippen LogP contribution in [-0.2, 0) is 0 Å². The maximum Gasteiger partial charge on any atom is 0.160 e. The zero-order valence-corrected chi connectivity index (χ0v) is 26.3. The molecular weight excluding hydrogens is 684 g/mol. The molecule has 0 saturated carbocycles. The van der Waals surface area contributed by atoms with Gasteiger partial charge in [-0.25, -0.2) is 0 Å². The maximum atomic E-state index is 12.0. The summed E-state index contributed by atoms with van der Waals surface area (Å²) in [5.41, 5.74) is 6.84. The van der Waals surface area contributed by atoms with Gasteiger partial charge in [0, 0.05) is 5.56 Å². The van der Waals surface area contributed by atoms with E-state index in [1.165, 1.54) is 16.7 Å². The van der Waals surface area contributed by atoms with Gasteiger partial charge in [0.15, 0.2) is 5.78 Å². The van der Waals surface area contributed by atoms with Crippen molar-refractivity contribution in [2.45, 2.75) is 79.9 Å². The van der Waals surface area contributed by atoms with Gasteiger partial charge in [-0.2, -0.15) is 47.5 Å². The molecule has 1 nitrogen and oxygen atoms in total. The number of benzene rings is 3. The first-order valence-electron chi connectivity index (χ1n) is 12.4. The summed E-state index contributed by atoms with van der Waals surface area (Å²) in [6.45, 7) is 22.9. The minimum Gasteiger partial charge on any atom is -0.294 e. The number of thiol groups is 1. The number of hydrogen-bond acceptors (Lipinski definition) is 2. The van der Waals surface area contributed by atoms with E-state index >= 15 is 0 Å². The van der Waals surface area contributed by atoms with Crippen LogP contribution in [0.3, 0.4) is 0 Å². The summed E-state index contributed by atoms with van der Waals surface area (Å²) in [5, 5.41) is 2.64. The van der Waals surface area contributed by atoms with Crippen molar-refractivity contribution in [1.29, 1.82) is 0 Å². The molecule has 0 aliphatic rings. The fourth-order valence-corrected chi connectivity index (χ4v) is 3.95. The summed E-state index contributed by atoms with van der Waals surface area (Å²) in [5.74, 6) is 0.975. The minimum atomic E-state index is 0. The van der Waals surface area contributed by atoms with E-state index < -0.39 is 0 Å². The Bertz CT molecular complexity index is 1100. The second kappa shape index (κ2) is 14.8. The topological polar surface area (TPSA) is 17.1 Å². The van der Waals surface area contributed by atoms with E-state index in [-0.39, 0.29) is 5.78 Å². The number of aryl methyl sites for hydroxylation is 2. The van der Waals surface area contributed by atoms with Gasteiger partial charge in [0.2, 0.25) is 0 Å². The van der Waals surface area contributed by atoms with E-state index in [2.05, 4.69) is 77.2 Å². The van der Waals surface area contributed by atoms with E-state index in [9.17, 15) is 4.79 Å². The molecule has 3 rings (SSSR count). The standard InChI is InChI=1S/C27H29O.C3H8S.C2H6.Es/c1-17(2)27(22-12-11-18(3)19(4)15-22)16-20(5)23-13-14-24(21(6)28)26-10-8-7-9-25(23)26;1-3(2)4;1-2;/h7-10,12-15,17,27H,5,16H2,1-4,6H3;3-4H,1-2H3;1-2H3;/q-1;;;. The third-order valence-corrected chi connectivity index (χ3v) is 5.81. The van der Waals surface area contributed by atoms with Crippen LogP contribution in [0.25, 0.3) is 16.3 Å². The first kappa shape index (κ1) is 31.7. The number of rotatable bonds is 6. The Morgan fingerprint density at radius 3 is 1.91 bits per heavy atom. The molecule has 0 heterocycles. The van der Waals surface area contributed by atoms with E-state index in [0.717, 1.165) is 33.9 Å². The Morgan fingerprint density at radius 1 is 0.971 bits per heavy atom. The SMILES string of the molecule is C=C(CC(c1c[c-]c(C)c(C)c1)C(C)C)c1ccc(C(C)=O)c2ccccc12.CC.CC(C)S.[Es]. The molecular formula is C32H43EsOS-. The molecule has 0 spiro atoms. The van der Waals surface area contributed by atoms with Gasteiger partial charge in [-0.3, -0.25) is 4.79 Å². The van der Waals surface area contributed by atoms with Crippen molar-refractivity contribution >= 4 is 34.8 Å². The minimum absolute atomic E-state index is 0. The summed E-state index contributed by atoms with van der Waals surface area (Å²) >= 11 is 3.97. The fraction of sp³-hybridized carbons (Fsp3) is 0.406. The Balaban J connectivity index is 0.00000150. The summed E-state index contributed by atoms with van der Waals surface area (Å²) in [6, 6.07) is 20.0. The Kier molecular flexibility index (Phi) is 13.4. The molecule has 0 saturated heterocycles. The van der Waals surface area contributed by atoms with Gasteiger partial charge in [0.05, 0.1) is 0 Å². The average Bonchev–Trinajstić information content (AvgIpc) is 2.79. The molecule has 1 atom stereocenters. The summed E-state index contributed by atoms with van der Waals surface area (Å²) in [6.07, 6.45) is 0.886. The van der Waals surface area contributed by atoms with Crippen molar-refractivity contribution in [3.63, 3.8) is 0 Å². The van der Waals surface area contributed by atoms with Crippen molar-refractivity contribution < 1.29 is 4.79 Å². The maximum absolute atomic E-state index is 12.0. The number of hydrogen-bond donors (Lipinski definition) is 1. The van der Waals surface area contributed by atoms with Gasteiger partial charge in [-0.1, -0.05) is 110 Å². The number of ketones is 1. The van der Waals surface area contributed by atoms with Crippen molar-refractivity contribution in [3.05, 3.63) is 89.0 Å². The molecule has 0 aliphatic heterocycles. The second-order valence-corrected chi connectivity index (χ2v) is 10.3. The predicted octanol–water partition coefficient (Wildman–Crippen LogP) is 9.65. The molecule has 0 bridgehead atoms. The Hall–Kier alpha value is -3.32. The zero-order valence-electron chi connectivity index (χ0n) is 22.9. The van der Waals surface area contributed by atoms with Crippen LogP contribution >= 0.6 is 12.6 Å². The van der Waals surface area contributed by atoms with Gasteiger partial charge >= 0.3 is 0 Å². The number of Topliss-reactive ketones (excluding diaryl/α,β-unsaturated/α-hetero) is 1. The van der Waals surface area contributed by atoms with Crippen molar-refractivity contribution in [3.8, 4) is 0 Å². The van der Waals surface area contributed by atoms with Crippen LogP contribution < -0.4 is 0 Å². The van der Waals surface area contributed by atoms with Gasteiger partial charge in [-0.05, 0) is 40.5 Å². The summed E-state index contributed by atoms with van der Waals surface area (Å²) < 4.78 is 0. The van der Waals surface area contributed by atoms with Gasteiger partial charge in [-0.15, -0.1) is 0 Å². The smallest absolute Gasteiger partial charge is 0.160 e. The molecule has 3 aromatic carbocycles. The molecule has 1 radical (unpaired) electrons. The van der Waals surface area contributed by atoms with Crippen LogP contribution in [0.4, 0.5) is 0 Å². The molecule has 0 amide bonds. The number of carbonyl (C=O) groups excluding carboxylic acids is 1. The van der Waals surface area contributed by atoms with E-state index in [1.54, 1.807) is 6.92 Å². The molecule has 0 N–H and O–H groups in total. The van der Waals surface area contributed by atoms with Crippen molar-refractivity contribution in [2.75, 3.05) is 0 Å². The van der Waals surface area contributed by atoms with Gasteiger partial charge < -0.3 is 0 Å². The zero-order chi connectivity index (χ0) is 26.0. The molecule has 195 valence electrons. The largest absolute Gasteiger partial charge is 0.294 e. The summed E-state index contributed by atoms with van der Waals surface area (Å²) in [4.78, 5) is 12.0. The summed E-state index contributed by atoms with van der Waals surface area (Å²) in [7, 11) is 0. The number of carbonyl (C=O) groups is 1. The fourth-order valence-electron chi connectivity index (χ4n) is 3.95. The van der Waals surface area contributed by atoms with Crippen LogP contribution in [0.1, 0.15) is 93.4 Å².